The second kappa shape index (κ2) is 7.82. The number of halogens is 1. The Balaban J connectivity index is 2.48. The van der Waals surface area contributed by atoms with Gasteiger partial charge in [0.2, 0.25) is 0 Å². The first-order valence-corrected chi connectivity index (χ1v) is 6.39. The highest BCUT2D eigenvalue weighted by molar-refractivity contribution is 6.32. The number of nitrogens with one attached hydrogen (secondary N) is 1. The highest BCUT2D eigenvalue weighted by atomic mass is 35.5. The molecule has 0 fully saturated rings. The van der Waals surface area contributed by atoms with E-state index in [1.807, 2.05) is 0 Å². The molecule has 0 bridgehead atoms. The standard InChI is InChI=1S/C13H18ClNO3/c1-2-3-4-7-18-12-6-5-10(8-11(12)14)9-15-13(16)17/h5-6,8,15H,2-4,7,9H2,1H3,(H,16,17). The summed E-state index contributed by atoms with van der Waals surface area (Å²) in [5.41, 5.74) is 0.809. The number of benzene rings is 1. The van der Waals surface area contributed by atoms with Crippen LogP contribution >= 0.6 is 11.6 Å². The zero-order chi connectivity index (χ0) is 13.4. The molecular weight excluding hydrogens is 254 g/mol. The normalized spacial score (nSPS) is 10.1. The predicted molar refractivity (Wildman–Crippen MR) is 71.3 cm³/mol. The molecule has 1 aromatic carbocycles. The number of ether oxygens (including phenoxy) is 1. The molecule has 0 saturated heterocycles. The van der Waals surface area contributed by atoms with E-state index < -0.39 is 6.09 Å². The first kappa shape index (κ1) is 14.6. The van der Waals surface area contributed by atoms with E-state index in [1.165, 1.54) is 0 Å². The minimum absolute atomic E-state index is 0.241. The summed E-state index contributed by atoms with van der Waals surface area (Å²) in [7, 11) is 0. The van der Waals surface area contributed by atoms with Crippen molar-refractivity contribution in [3.63, 3.8) is 0 Å². The predicted octanol–water partition coefficient (Wildman–Crippen LogP) is 3.68. The van der Waals surface area contributed by atoms with Crippen molar-refractivity contribution in [2.45, 2.75) is 32.7 Å². The van der Waals surface area contributed by atoms with Crippen LogP contribution in [0.15, 0.2) is 18.2 Å². The van der Waals surface area contributed by atoms with Crippen molar-refractivity contribution in [1.82, 2.24) is 5.32 Å². The molecule has 18 heavy (non-hydrogen) atoms. The molecule has 0 aliphatic carbocycles. The fourth-order valence-corrected chi connectivity index (χ4v) is 1.74. The van der Waals surface area contributed by atoms with Crippen LogP contribution in [0, 0.1) is 0 Å². The summed E-state index contributed by atoms with van der Waals surface area (Å²) in [5, 5.41) is 11.3. The zero-order valence-electron chi connectivity index (χ0n) is 10.4. The van der Waals surface area contributed by atoms with Crippen LogP contribution in [-0.4, -0.2) is 17.8 Å². The number of rotatable bonds is 7. The molecule has 1 amide bonds. The summed E-state index contributed by atoms with van der Waals surface area (Å²) >= 11 is 6.06. The van der Waals surface area contributed by atoms with Crippen LogP contribution < -0.4 is 10.1 Å². The lowest BCUT2D eigenvalue weighted by atomic mass is 10.2. The minimum Gasteiger partial charge on any atom is -0.492 e. The zero-order valence-corrected chi connectivity index (χ0v) is 11.2. The molecule has 0 heterocycles. The Kier molecular flexibility index (Phi) is 6.36. The van der Waals surface area contributed by atoms with Crippen molar-refractivity contribution in [3.05, 3.63) is 28.8 Å². The number of amides is 1. The van der Waals surface area contributed by atoms with E-state index in [1.54, 1.807) is 18.2 Å². The third-order valence-electron chi connectivity index (χ3n) is 2.45. The molecule has 1 aromatic rings. The van der Waals surface area contributed by atoms with Gasteiger partial charge in [0.1, 0.15) is 5.75 Å². The Morgan fingerprint density at radius 3 is 2.83 bits per heavy atom. The number of carbonyl (C=O) groups is 1. The second-order valence-electron chi connectivity index (χ2n) is 3.98. The Hall–Kier alpha value is -1.42. The van der Waals surface area contributed by atoms with Gasteiger partial charge in [0.15, 0.2) is 0 Å². The Morgan fingerprint density at radius 1 is 1.44 bits per heavy atom. The quantitative estimate of drug-likeness (QED) is 0.744. The van der Waals surface area contributed by atoms with Crippen molar-refractivity contribution in [2.75, 3.05) is 6.61 Å². The van der Waals surface area contributed by atoms with Crippen molar-refractivity contribution < 1.29 is 14.6 Å². The highest BCUT2D eigenvalue weighted by Crippen LogP contribution is 2.25. The van der Waals surface area contributed by atoms with Crippen molar-refractivity contribution in [1.29, 1.82) is 0 Å². The molecule has 0 aliphatic rings. The van der Waals surface area contributed by atoms with Crippen LogP contribution in [0.5, 0.6) is 5.75 Å². The fourth-order valence-electron chi connectivity index (χ4n) is 1.48. The van der Waals surface area contributed by atoms with Crippen molar-refractivity contribution >= 4 is 17.7 Å². The molecule has 0 aromatic heterocycles. The summed E-state index contributed by atoms with van der Waals surface area (Å²) in [6.45, 7) is 3.03. The lowest BCUT2D eigenvalue weighted by molar-refractivity contribution is 0.194. The number of hydrogen-bond acceptors (Lipinski definition) is 2. The van der Waals surface area contributed by atoms with Gasteiger partial charge in [0.25, 0.3) is 0 Å². The molecule has 4 nitrogen and oxygen atoms in total. The summed E-state index contributed by atoms with van der Waals surface area (Å²) in [5.74, 6) is 0.645. The van der Waals surface area contributed by atoms with Gasteiger partial charge < -0.3 is 15.2 Å². The van der Waals surface area contributed by atoms with E-state index in [4.69, 9.17) is 21.4 Å². The average molecular weight is 272 g/mol. The van der Waals surface area contributed by atoms with Crippen LogP contribution in [-0.2, 0) is 6.54 Å². The first-order valence-electron chi connectivity index (χ1n) is 6.01. The van der Waals surface area contributed by atoms with Crippen LogP contribution in [0.1, 0.15) is 31.7 Å². The lowest BCUT2D eigenvalue weighted by Gasteiger charge is -2.09. The first-order chi connectivity index (χ1) is 8.63. The van der Waals surface area contributed by atoms with Gasteiger partial charge in [0.05, 0.1) is 11.6 Å². The maximum Gasteiger partial charge on any atom is 0.404 e. The van der Waals surface area contributed by atoms with Gasteiger partial charge in [-0.05, 0) is 24.1 Å². The van der Waals surface area contributed by atoms with Crippen LogP contribution in [0.25, 0.3) is 0 Å². The molecule has 0 unspecified atom stereocenters. The Morgan fingerprint density at radius 2 is 2.22 bits per heavy atom. The van der Waals surface area contributed by atoms with Gasteiger partial charge in [-0.1, -0.05) is 37.4 Å². The summed E-state index contributed by atoms with van der Waals surface area (Å²) in [4.78, 5) is 10.4. The third kappa shape index (κ3) is 5.27. The van der Waals surface area contributed by atoms with Gasteiger partial charge in [-0.2, -0.15) is 0 Å². The second-order valence-corrected chi connectivity index (χ2v) is 4.39. The SMILES string of the molecule is CCCCCOc1ccc(CNC(=O)O)cc1Cl. The van der Waals surface area contributed by atoms with E-state index in [0.29, 0.717) is 17.4 Å². The molecule has 1 rings (SSSR count). The molecule has 0 saturated carbocycles. The molecule has 100 valence electrons. The number of carboxylic acid groups (broad SMARTS) is 1. The van der Waals surface area contributed by atoms with Gasteiger partial charge in [-0.15, -0.1) is 0 Å². The topological polar surface area (TPSA) is 58.6 Å². The van der Waals surface area contributed by atoms with Crippen LogP contribution in [0.4, 0.5) is 4.79 Å². The largest absolute Gasteiger partial charge is 0.492 e. The highest BCUT2D eigenvalue weighted by Gasteiger charge is 2.04. The molecular formula is C13H18ClNO3. The number of unbranched alkanes of at least 4 members (excludes halogenated alkanes) is 2. The van der Waals surface area contributed by atoms with E-state index in [-0.39, 0.29) is 6.54 Å². The van der Waals surface area contributed by atoms with E-state index in [9.17, 15) is 4.79 Å². The van der Waals surface area contributed by atoms with Crippen molar-refractivity contribution in [3.8, 4) is 5.75 Å². The molecule has 2 N–H and O–H groups in total. The van der Waals surface area contributed by atoms with E-state index in [0.717, 1.165) is 24.8 Å². The lowest BCUT2D eigenvalue weighted by Crippen LogP contribution is -2.19. The maximum atomic E-state index is 10.4. The molecule has 0 radical (unpaired) electrons. The minimum atomic E-state index is -1.05. The third-order valence-corrected chi connectivity index (χ3v) is 2.74. The fraction of sp³-hybridized carbons (Fsp3) is 0.462. The maximum absolute atomic E-state index is 10.4. The summed E-state index contributed by atoms with van der Waals surface area (Å²) in [6, 6.07) is 5.29. The number of hydrogen-bond donors (Lipinski definition) is 2. The smallest absolute Gasteiger partial charge is 0.404 e. The van der Waals surface area contributed by atoms with Crippen molar-refractivity contribution in [2.24, 2.45) is 0 Å². The summed E-state index contributed by atoms with van der Waals surface area (Å²) < 4.78 is 5.55. The van der Waals surface area contributed by atoms with Crippen LogP contribution in [0.3, 0.4) is 0 Å². The van der Waals surface area contributed by atoms with E-state index >= 15 is 0 Å². The van der Waals surface area contributed by atoms with Gasteiger partial charge >= 0.3 is 6.09 Å². The Bertz CT molecular complexity index is 396. The van der Waals surface area contributed by atoms with Gasteiger partial charge in [0, 0.05) is 6.54 Å². The molecule has 5 heteroatoms. The summed E-state index contributed by atoms with van der Waals surface area (Å²) in [6.07, 6.45) is 2.25. The Labute approximate surface area is 112 Å². The van der Waals surface area contributed by atoms with Gasteiger partial charge in [-0.25, -0.2) is 4.79 Å². The van der Waals surface area contributed by atoms with E-state index in [2.05, 4.69) is 12.2 Å². The molecule has 0 aliphatic heterocycles. The van der Waals surface area contributed by atoms with Gasteiger partial charge in [-0.3, -0.25) is 0 Å². The van der Waals surface area contributed by atoms with Crippen LogP contribution in [0.2, 0.25) is 5.02 Å². The molecule has 0 atom stereocenters. The monoisotopic (exact) mass is 271 g/mol. The molecule has 0 spiro atoms. The average Bonchev–Trinajstić information content (AvgIpc) is 2.34.